The Hall–Kier alpha value is -2.21. The summed E-state index contributed by atoms with van der Waals surface area (Å²) < 4.78 is 11.0. The highest BCUT2D eigenvalue weighted by molar-refractivity contribution is 6.31. The number of nitrogens with one attached hydrogen (secondary N) is 2. The van der Waals surface area contributed by atoms with Gasteiger partial charge in [-0.2, -0.15) is 0 Å². The molecule has 2 rings (SSSR count). The van der Waals surface area contributed by atoms with E-state index in [1.165, 1.54) is 0 Å². The van der Waals surface area contributed by atoms with Crippen LogP contribution in [0.3, 0.4) is 0 Å². The Morgan fingerprint density at radius 2 is 2.07 bits per heavy atom. The van der Waals surface area contributed by atoms with Gasteiger partial charge < -0.3 is 19.8 Å². The molecule has 0 fully saturated rings. The summed E-state index contributed by atoms with van der Waals surface area (Å²) in [6, 6.07) is 5.72. The number of hydrogen-bond acceptors (Lipinski definition) is 4. The van der Waals surface area contributed by atoms with E-state index < -0.39 is 0 Å². The molecule has 1 heterocycles. The summed E-state index contributed by atoms with van der Waals surface area (Å²) in [5.74, 6) is 2.94. The zero-order valence-electron chi connectivity index (χ0n) is 16.7. The Morgan fingerprint density at radius 3 is 2.67 bits per heavy atom. The van der Waals surface area contributed by atoms with Gasteiger partial charge in [-0.25, -0.2) is 9.98 Å². The Labute approximate surface area is 166 Å². The van der Waals surface area contributed by atoms with Gasteiger partial charge in [0, 0.05) is 23.5 Å². The lowest BCUT2D eigenvalue weighted by Crippen LogP contribution is -2.38. The molecule has 2 aromatic rings. The molecule has 0 aliphatic rings. The van der Waals surface area contributed by atoms with Crippen molar-refractivity contribution in [2.24, 2.45) is 4.99 Å². The Kier molecular flexibility index (Phi) is 7.54. The minimum atomic E-state index is -0.0602. The van der Waals surface area contributed by atoms with Gasteiger partial charge in [-0.3, -0.25) is 0 Å². The molecule has 0 bridgehead atoms. The maximum Gasteiger partial charge on any atom is 0.216 e. The molecule has 7 heteroatoms. The summed E-state index contributed by atoms with van der Waals surface area (Å²) in [4.78, 5) is 8.86. The molecular formula is C20H29ClN4O2. The molecule has 0 saturated heterocycles. The zero-order chi connectivity index (χ0) is 19.9. The Morgan fingerprint density at radius 1 is 1.30 bits per heavy atom. The average molecular weight is 393 g/mol. The first-order valence-electron chi connectivity index (χ1n) is 9.13. The van der Waals surface area contributed by atoms with Crippen LogP contribution in [0.1, 0.15) is 44.9 Å². The lowest BCUT2D eigenvalue weighted by atomic mass is 9.94. The van der Waals surface area contributed by atoms with Crippen LogP contribution in [0.15, 0.2) is 33.8 Å². The van der Waals surface area contributed by atoms with Gasteiger partial charge in [0.2, 0.25) is 5.89 Å². The van der Waals surface area contributed by atoms with Crippen LogP contribution in [0.5, 0.6) is 5.75 Å². The Bertz CT molecular complexity index is 766. The van der Waals surface area contributed by atoms with Crippen LogP contribution >= 0.6 is 11.6 Å². The van der Waals surface area contributed by atoms with E-state index in [4.69, 9.17) is 20.8 Å². The molecule has 27 heavy (non-hydrogen) atoms. The minimum absolute atomic E-state index is 0.0602. The number of nitrogens with zero attached hydrogens (tertiary/aromatic N) is 2. The second-order valence-electron chi connectivity index (χ2n) is 7.20. The second-order valence-corrected chi connectivity index (χ2v) is 7.60. The third-order valence-corrected chi connectivity index (χ3v) is 4.31. The summed E-state index contributed by atoms with van der Waals surface area (Å²) in [5, 5.41) is 7.24. The van der Waals surface area contributed by atoms with Gasteiger partial charge in [0.05, 0.1) is 13.3 Å². The van der Waals surface area contributed by atoms with Crippen molar-refractivity contribution in [1.82, 2.24) is 15.6 Å². The summed E-state index contributed by atoms with van der Waals surface area (Å²) in [6.07, 6.45) is 2.55. The van der Waals surface area contributed by atoms with Gasteiger partial charge >= 0.3 is 0 Å². The standard InChI is InChI=1S/C20H29ClN4O2/c1-6-22-19(25-13-18-24-12-17(27-18)20(2,3)4)23-10-9-14-7-8-15(26-5)11-16(14)21/h7-8,11-12H,6,9-10,13H2,1-5H3,(H2,22,23,25). The summed E-state index contributed by atoms with van der Waals surface area (Å²) in [6.45, 7) is 10.2. The van der Waals surface area contributed by atoms with Crippen LogP contribution in [-0.4, -0.2) is 31.1 Å². The number of ether oxygens (including phenoxy) is 1. The molecule has 0 unspecified atom stereocenters. The van der Waals surface area contributed by atoms with E-state index in [0.29, 0.717) is 24.0 Å². The van der Waals surface area contributed by atoms with E-state index in [1.54, 1.807) is 13.3 Å². The molecule has 0 spiro atoms. The fourth-order valence-corrected chi connectivity index (χ4v) is 2.66. The summed E-state index contributed by atoms with van der Waals surface area (Å²) >= 11 is 6.29. The third kappa shape index (κ3) is 6.47. The van der Waals surface area contributed by atoms with Gasteiger partial charge in [0.15, 0.2) is 5.96 Å². The monoisotopic (exact) mass is 392 g/mol. The van der Waals surface area contributed by atoms with E-state index in [-0.39, 0.29) is 5.41 Å². The molecule has 0 radical (unpaired) electrons. The molecule has 6 nitrogen and oxygen atoms in total. The number of halogens is 1. The number of benzene rings is 1. The number of rotatable bonds is 7. The van der Waals surface area contributed by atoms with Crippen molar-refractivity contribution in [2.75, 3.05) is 20.2 Å². The molecule has 0 amide bonds. The first-order chi connectivity index (χ1) is 12.8. The van der Waals surface area contributed by atoms with Crippen LogP contribution in [-0.2, 0) is 18.4 Å². The maximum absolute atomic E-state index is 6.29. The van der Waals surface area contributed by atoms with Crippen molar-refractivity contribution in [3.63, 3.8) is 0 Å². The number of hydrogen-bond donors (Lipinski definition) is 2. The maximum atomic E-state index is 6.29. The number of aromatic nitrogens is 1. The molecule has 0 saturated carbocycles. The van der Waals surface area contributed by atoms with Crippen LogP contribution in [0.25, 0.3) is 0 Å². The van der Waals surface area contributed by atoms with E-state index in [9.17, 15) is 0 Å². The van der Waals surface area contributed by atoms with Gasteiger partial charge in [-0.05, 0) is 31.0 Å². The predicted octanol–water partition coefficient (Wildman–Crippen LogP) is 3.93. The summed E-state index contributed by atoms with van der Waals surface area (Å²) in [5.41, 5.74) is 0.998. The van der Waals surface area contributed by atoms with Crippen molar-refractivity contribution in [2.45, 2.75) is 46.1 Å². The van der Waals surface area contributed by atoms with E-state index >= 15 is 0 Å². The molecule has 148 valence electrons. The SMILES string of the molecule is CCNC(=NCc1ncc(C(C)(C)C)o1)NCCc1ccc(OC)cc1Cl. The van der Waals surface area contributed by atoms with Crippen LogP contribution < -0.4 is 15.4 Å². The van der Waals surface area contributed by atoms with Crippen molar-refractivity contribution in [3.05, 3.63) is 46.6 Å². The molecule has 0 aliphatic heterocycles. The lowest BCUT2D eigenvalue weighted by molar-refractivity contribution is 0.383. The average Bonchev–Trinajstić information content (AvgIpc) is 3.10. The first kappa shape index (κ1) is 21.1. The highest BCUT2D eigenvalue weighted by atomic mass is 35.5. The van der Waals surface area contributed by atoms with Gasteiger partial charge in [0.1, 0.15) is 18.1 Å². The highest BCUT2D eigenvalue weighted by Crippen LogP contribution is 2.23. The molecule has 2 N–H and O–H groups in total. The van der Waals surface area contributed by atoms with Crippen molar-refractivity contribution in [1.29, 1.82) is 0 Å². The van der Waals surface area contributed by atoms with Crippen LogP contribution in [0.2, 0.25) is 5.02 Å². The topological polar surface area (TPSA) is 71.7 Å². The fraction of sp³-hybridized carbons (Fsp3) is 0.500. The Balaban J connectivity index is 1.92. The lowest BCUT2D eigenvalue weighted by Gasteiger charge is -2.13. The number of aliphatic imine (C=N–C) groups is 1. The predicted molar refractivity (Wildman–Crippen MR) is 110 cm³/mol. The number of methoxy groups -OCH3 is 1. The fourth-order valence-electron chi connectivity index (χ4n) is 2.39. The van der Waals surface area contributed by atoms with Crippen molar-refractivity contribution < 1.29 is 9.15 Å². The third-order valence-electron chi connectivity index (χ3n) is 3.96. The quantitative estimate of drug-likeness (QED) is 0.551. The molecule has 0 atom stereocenters. The summed E-state index contributed by atoms with van der Waals surface area (Å²) in [7, 11) is 1.63. The molecule has 1 aromatic heterocycles. The van der Waals surface area contributed by atoms with Crippen LogP contribution in [0, 0.1) is 0 Å². The first-order valence-corrected chi connectivity index (χ1v) is 9.51. The second kappa shape index (κ2) is 9.65. The van der Waals surface area contributed by atoms with Gasteiger partial charge in [-0.15, -0.1) is 0 Å². The van der Waals surface area contributed by atoms with Crippen molar-refractivity contribution in [3.8, 4) is 5.75 Å². The van der Waals surface area contributed by atoms with Crippen LogP contribution in [0.4, 0.5) is 0 Å². The van der Waals surface area contributed by atoms with Gasteiger partial charge in [-0.1, -0.05) is 38.4 Å². The number of guanidine groups is 1. The van der Waals surface area contributed by atoms with E-state index in [2.05, 4.69) is 41.4 Å². The largest absolute Gasteiger partial charge is 0.497 e. The number of oxazole rings is 1. The normalized spacial score (nSPS) is 12.1. The van der Waals surface area contributed by atoms with E-state index in [1.807, 2.05) is 25.1 Å². The van der Waals surface area contributed by atoms with Gasteiger partial charge in [0.25, 0.3) is 0 Å². The molecule has 1 aromatic carbocycles. The minimum Gasteiger partial charge on any atom is -0.497 e. The van der Waals surface area contributed by atoms with Crippen molar-refractivity contribution >= 4 is 17.6 Å². The highest BCUT2D eigenvalue weighted by Gasteiger charge is 2.19. The molecular weight excluding hydrogens is 364 g/mol. The zero-order valence-corrected chi connectivity index (χ0v) is 17.5. The van der Waals surface area contributed by atoms with E-state index in [0.717, 1.165) is 36.0 Å². The molecule has 0 aliphatic carbocycles. The smallest absolute Gasteiger partial charge is 0.216 e.